The molecule has 7 nitrogen and oxygen atoms in total. The van der Waals surface area contributed by atoms with Crippen molar-refractivity contribution in [2.24, 2.45) is 0 Å². The Balaban J connectivity index is 1.73. The van der Waals surface area contributed by atoms with Crippen molar-refractivity contribution in [1.82, 2.24) is 15.2 Å². The molecule has 0 atom stereocenters. The molecule has 0 saturated carbocycles. The van der Waals surface area contributed by atoms with Crippen LogP contribution in [0.15, 0.2) is 35.7 Å². The van der Waals surface area contributed by atoms with Gasteiger partial charge in [-0.25, -0.2) is 4.98 Å². The number of nitrogens with zero attached hydrogens (tertiary/aromatic N) is 4. The number of amides is 2. The number of thiazole rings is 1. The smallest absolute Gasteiger partial charge is 0.286 e. The van der Waals surface area contributed by atoms with Gasteiger partial charge in [0.15, 0.2) is 10.1 Å². The zero-order valence-electron chi connectivity index (χ0n) is 15.0. The first kappa shape index (κ1) is 20.1. The minimum atomic E-state index is -0.351. The monoisotopic (exact) mass is 433 g/mol. The van der Waals surface area contributed by atoms with E-state index in [1.165, 1.54) is 18.3 Å². The topological polar surface area (TPSA) is 88.1 Å². The van der Waals surface area contributed by atoms with Gasteiger partial charge >= 0.3 is 0 Å². The second-order valence-electron chi connectivity index (χ2n) is 5.54. The summed E-state index contributed by atoms with van der Waals surface area (Å²) in [5, 5.41) is 14.0. The highest BCUT2D eigenvalue weighted by molar-refractivity contribution is 7.15. The number of nitrogens with one attached hydrogen (secondary N) is 1. The Bertz CT molecular complexity index is 1020. The number of benzene rings is 1. The first-order valence-electron chi connectivity index (χ1n) is 8.29. The molecule has 144 valence electrons. The van der Waals surface area contributed by atoms with Crippen LogP contribution < -0.4 is 10.2 Å². The van der Waals surface area contributed by atoms with Gasteiger partial charge in [0.05, 0.1) is 10.7 Å². The standard InChI is InChI=1S/C18H16ClN5O2S2/c1-3-24(11(2)25)18-21-13(10-27-18)9-14(19)16-22-23-17(28-16)15(26)20-12-7-5-4-6-8-12/h4-10H,3H2,1-2H3,(H,20,26)/b14-9-. The summed E-state index contributed by atoms with van der Waals surface area (Å²) in [5.74, 6) is -0.424. The molecule has 10 heteroatoms. The van der Waals surface area contributed by atoms with E-state index in [1.807, 2.05) is 25.1 Å². The van der Waals surface area contributed by atoms with E-state index in [4.69, 9.17) is 11.6 Å². The SMILES string of the molecule is CCN(C(C)=O)c1nc(/C=C(\Cl)c2nnc(C(=O)Nc3ccccc3)s2)cs1. The zero-order chi connectivity index (χ0) is 20.1. The zero-order valence-corrected chi connectivity index (χ0v) is 17.4. The van der Waals surface area contributed by atoms with Crippen molar-refractivity contribution in [3.05, 3.63) is 51.4 Å². The quantitative estimate of drug-likeness (QED) is 0.624. The molecule has 3 rings (SSSR count). The Labute approximate surface area is 174 Å². The molecule has 1 N–H and O–H groups in total. The summed E-state index contributed by atoms with van der Waals surface area (Å²) in [7, 11) is 0. The highest BCUT2D eigenvalue weighted by atomic mass is 35.5. The Kier molecular flexibility index (Phi) is 6.50. The van der Waals surface area contributed by atoms with E-state index in [2.05, 4.69) is 20.5 Å². The van der Waals surface area contributed by atoms with Crippen LogP contribution in [0.5, 0.6) is 0 Å². The second-order valence-corrected chi connectivity index (χ2v) is 7.76. The van der Waals surface area contributed by atoms with E-state index < -0.39 is 0 Å². The van der Waals surface area contributed by atoms with Gasteiger partial charge in [0.2, 0.25) is 10.9 Å². The Morgan fingerprint density at radius 2 is 1.93 bits per heavy atom. The summed E-state index contributed by atoms with van der Waals surface area (Å²) < 4.78 is 0. The number of para-hydroxylation sites is 1. The van der Waals surface area contributed by atoms with E-state index in [1.54, 1.807) is 28.5 Å². The molecule has 1 aromatic carbocycles. The van der Waals surface area contributed by atoms with Crippen LogP contribution in [-0.4, -0.2) is 33.5 Å². The number of anilines is 2. The molecule has 0 saturated heterocycles. The van der Waals surface area contributed by atoms with E-state index in [9.17, 15) is 9.59 Å². The van der Waals surface area contributed by atoms with Gasteiger partial charge in [-0.2, -0.15) is 0 Å². The molecule has 0 fully saturated rings. The number of aromatic nitrogens is 3. The molecule has 2 aromatic heterocycles. The highest BCUT2D eigenvalue weighted by Crippen LogP contribution is 2.28. The molecule has 0 unspecified atom stereocenters. The van der Waals surface area contributed by atoms with Crippen molar-refractivity contribution in [3.8, 4) is 0 Å². The average Bonchev–Trinajstić information content (AvgIpc) is 3.33. The molecular weight excluding hydrogens is 418 g/mol. The fourth-order valence-electron chi connectivity index (χ4n) is 2.27. The van der Waals surface area contributed by atoms with Gasteiger partial charge in [-0.1, -0.05) is 41.1 Å². The van der Waals surface area contributed by atoms with Crippen LogP contribution in [0.2, 0.25) is 0 Å². The molecular formula is C18H16ClN5O2S2. The predicted molar refractivity (Wildman–Crippen MR) is 114 cm³/mol. The summed E-state index contributed by atoms with van der Waals surface area (Å²) in [6.07, 6.45) is 1.63. The largest absolute Gasteiger partial charge is 0.320 e. The second kappa shape index (κ2) is 9.05. The molecule has 3 aromatic rings. The Morgan fingerprint density at radius 1 is 1.21 bits per heavy atom. The fraction of sp³-hybridized carbons (Fsp3) is 0.167. The molecule has 2 heterocycles. The Morgan fingerprint density at radius 3 is 2.61 bits per heavy atom. The lowest BCUT2D eigenvalue weighted by molar-refractivity contribution is -0.116. The summed E-state index contributed by atoms with van der Waals surface area (Å²) >= 11 is 8.77. The van der Waals surface area contributed by atoms with E-state index in [0.29, 0.717) is 33.1 Å². The molecule has 0 radical (unpaired) electrons. The van der Waals surface area contributed by atoms with Crippen LogP contribution in [0.4, 0.5) is 10.8 Å². The third-order valence-electron chi connectivity index (χ3n) is 3.57. The number of halogens is 1. The maximum absolute atomic E-state index is 12.3. The van der Waals surface area contributed by atoms with Gasteiger partial charge in [-0.15, -0.1) is 21.5 Å². The van der Waals surface area contributed by atoms with Crippen LogP contribution in [-0.2, 0) is 4.79 Å². The minimum absolute atomic E-state index is 0.0725. The van der Waals surface area contributed by atoms with Gasteiger partial charge < -0.3 is 5.32 Å². The Hall–Kier alpha value is -2.62. The lowest BCUT2D eigenvalue weighted by Gasteiger charge is -2.14. The number of hydrogen-bond acceptors (Lipinski definition) is 7. The summed E-state index contributed by atoms with van der Waals surface area (Å²) in [4.78, 5) is 29.9. The van der Waals surface area contributed by atoms with Gasteiger partial charge in [0.1, 0.15) is 0 Å². The molecule has 2 amide bonds. The lowest BCUT2D eigenvalue weighted by atomic mass is 10.3. The third-order valence-corrected chi connectivity index (χ3v) is 5.80. The maximum atomic E-state index is 12.3. The summed E-state index contributed by atoms with van der Waals surface area (Å²) in [6, 6.07) is 9.09. The van der Waals surface area contributed by atoms with Crippen molar-refractivity contribution in [1.29, 1.82) is 0 Å². The maximum Gasteiger partial charge on any atom is 0.286 e. The fourth-order valence-corrected chi connectivity index (χ4v) is 4.07. The van der Waals surface area contributed by atoms with E-state index in [-0.39, 0.29) is 16.8 Å². The molecule has 0 spiro atoms. The predicted octanol–water partition coefficient (Wildman–Crippen LogP) is 4.36. The first-order valence-corrected chi connectivity index (χ1v) is 10.4. The van der Waals surface area contributed by atoms with Crippen LogP contribution in [0.25, 0.3) is 11.1 Å². The number of hydrogen-bond donors (Lipinski definition) is 1. The van der Waals surface area contributed by atoms with Crippen LogP contribution in [0.3, 0.4) is 0 Å². The van der Waals surface area contributed by atoms with Gasteiger partial charge in [-0.3, -0.25) is 14.5 Å². The number of carbonyl (C=O) groups is 2. The van der Waals surface area contributed by atoms with Crippen molar-refractivity contribution in [2.45, 2.75) is 13.8 Å². The summed E-state index contributed by atoms with van der Waals surface area (Å²) in [6.45, 7) is 3.92. The lowest BCUT2D eigenvalue weighted by Crippen LogP contribution is -2.27. The number of carbonyl (C=O) groups excluding carboxylic acids is 2. The van der Waals surface area contributed by atoms with Gasteiger partial charge in [0.25, 0.3) is 5.91 Å². The average molecular weight is 434 g/mol. The van der Waals surface area contributed by atoms with Crippen molar-refractivity contribution in [3.63, 3.8) is 0 Å². The molecule has 0 aliphatic heterocycles. The first-order chi connectivity index (χ1) is 13.5. The number of rotatable bonds is 6. The van der Waals surface area contributed by atoms with Crippen LogP contribution >= 0.6 is 34.3 Å². The van der Waals surface area contributed by atoms with E-state index >= 15 is 0 Å². The van der Waals surface area contributed by atoms with Crippen molar-refractivity contribution < 1.29 is 9.59 Å². The summed E-state index contributed by atoms with van der Waals surface area (Å²) in [5.41, 5.74) is 1.28. The minimum Gasteiger partial charge on any atom is -0.320 e. The van der Waals surface area contributed by atoms with E-state index in [0.717, 1.165) is 11.3 Å². The molecule has 0 aliphatic carbocycles. The molecule has 28 heavy (non-hydrogen) atoms. The molecule has 0 bridgehead atoms. The van der Waals surface area contributed by atoms with Gasteiger partial charge in [-0.05, 0) is 25.1 Å². The van der Waals surface area contributed by atoms with Crippen LogP contribution in [0, 0.1) is 0 Å². The molecule has 0 aliphatic rings. The van der Waals surface area contributed by atoms with Crippen molar-refractivity contribution >= 4 is 68.0 Å². The van der Waals surface area contributed by atoms with Gasteiger partial charge in [0, 0.05) is 24.5 Å². The third kappa shape index (κ3) is 4.80. The highest BCUT2D eigenvalue weighted by Gasteiger charge is 2.16. The van der Waals surface area contributed by atoms with Crippen LogP contribution in [0.1, 0.15) is 34.4 Å². The normalized spacial score (nSPS) is 11.3. The van der Waals surface area contributed by atoms with Crippen molar-refractivity contribution in [2.75, 3.05) is 16.8 Å².